The average molecular weight is 371 g/mol. The second kappa shape index (κ2) is 10.1. The molecule has 2 bridgehead atoms. The molecule has 0 fully saturated rings. The van der Waals surface area contributed by atoms with Crippen molar-refractivity contribution in [1.29, 1.82) is 0 Å². The maximum absolute atomic E-state index is 12.4. The molecule has 0 saturated carbocycles. The highest BCUT2D eigenvalue weighted by Crippen LogP contribution is 2.31. The Kier molecular flexibility index (Phi) is 8.13. The first-order valence-corrected chi connectivity index (χ1v) is 10.8. The third kappa shape index (κ3) is 6.83. The minimum atomic E-state index is -0.0598. The molecule has 1 aliphatic rings. The Bertz CT molecular complexity index is 641. The van der Waals surface area contributed by atoms with Gasteiger partial charge in [-0.1, -0.05) is 70.9 Å². The molecule has 0 unspecified atom stereocenters. The van der Waals surface area contributed by atoms with Crippen LogP contribution in [0.15, 0.2) is 35.9 Å². The lowest BCUT2D eigenvalue weighted by Gasteiger charge is -2.27. The maximum atomic E-state index is 12.4. The third-order valence-corrected chi connectivity index (χ3v) is 6.05. The fourth-order valence-corrected chi connectivity index (χ4v) is 3.90. The highest BCUT2D eigenvalue weighted by atomic mass is 16.5. The monoisotopic (exact) mass is 370 g/mol. The molecule has 0 spiro atoms. The van der Waals surface area contributed by atoms with Gasteiger partial charge in [0.05, 0.1) is 0 Å². The number of allylic oxidation sites excluding steroid dienone is 1. The number of hydrogen-bond donors (Lipinski definition) is 0. The van der Waals surface area contributed by atoms with E-state index in [1.165, 1.54) is 16.7 Å². The minimum Gasteiger partial charge on any atom is -0.458 e. The Morgan fingerprint density at radius 2 is 2.04 bits per heavy atom. The van der Waals surface area contributed by atoms with Gasteiger partial charge in [-0.3, -0.25) is 4.79 Å². The molecule has 2 nitrogen and oxygen atoms in total. The first-order valence-electron chi connectivity index (χ1n) is 10.8. The molecule has 0 aliphatic carbocycles. The molecular formula is C25H38O2. The number of fused-ring (bicyclic) bond motifs is 2. The standard InChI is InChI=1S/C25H38O2/c1-6-19(2)17-20(3)23-14-7-8-16-25(4,5)22-13-9-11-21(18-22)12-10-15-24(26)27-23/h9,11,13,17-19,23H,6-8,10,12,14-16H2,1-5H3/b20-17-/t19-,23+/m1/s1. The normalized spacial score (nSPS) is 23.2. The topological polar surface area (TPSA) is 26.3 Å². The predicted molar refractivity (Wildman–Crippen MR) is 114 cm³/mol. The van der Waals surface area contributed by atoms with Crippen molar-refractivity contribution in [3.8, 4) is 0 Å². The van der Waals surface area contributed by atoms with Crippen LogP contribution in [0.1, 0.15) is 90.7 Å². The molecule has 0 N–H and O–H groups in total. The van der Waals surface area contributed by atoms with Crippen molar-refractivity contribution in [2.24, 2.45) is 5.92 Å². The molecule has 27 heavy (non-hydrogen) atoms. The summed E-state index contributed by atoms with van der Waals surface area (Å²) < 4.78 is 5.90. The SMILES string of the molecule is CC[C@@H](C)/C=C(/C)[C@@H]1CCCCC(C)(C)c2cccc(c2)CCCC(=O)O1. The van der Waals surface area contributed by atoms with Gasteiger partial charge in [0.15, 0.2) is 0 Å². The minimum absolute atomic E-state index is 0.0505. The maximum Gasteiger partial charge on any atom is 0.306 e. The summed E-state index contributed by atoms with van der Waals surface area (Å²) in [5.74, 6) is 0.478. The summed E-state index contributed by atoms with van der Waals surface area (Å²) in [5, 5.41) is 0. The van der Waals surface area contributed by atoms with Gasteiger partial charge in [-0.05, 0) is 67.1 Å². The highest BCUT2D eigenvalue weighted by Gasteiger charge is 2.22. The predicted octanol–water partition coefficient (Wildman–Crippen LogP) is 6.77. The molecule has 150 valence electrons. The summed E-state index contributed by atoms with van der Waals surface area (Å²) in [6.07, 6.45) is 9.96. The zero-order valence-electron chi connectivity index (χ0n) is 18.0. The Morgan fingerprint density at radius 3 is 2.78 bits per heavy atom. The van der Waals surface area contributed by atoms with E-state index in [1.807, 2.05) is 0 Å². The Labute approximate surface area is 166 Å². The quantitative estimate of drug-likeness (QED) is 0.434. The lowest BCUT2D eigenvalue weighted by atomic mass is 9.79. The Hall–Kier alpha value is -1.57. The largest absolute Gasteiger partial charge is 0.458 e. The molecule has 0 radical (unpaired) electrons. The zero-order valence-corrected chi connectivity index (χ0v) is 18.0. The zero-order chi connectivity index (χ0) is 19.9. The van der Waals surface area contributed by atoms with E-state index in [2.05, 4.69) is 65.0 Å². The number of benzene rings is 1. The number of ether oxygens (including phenoxy) is 1. The lowest BCUT2D eigenvalue weighted by Crippen LogP contribution is -2.21. The molecule has 2 atom stereocenters. The summed E-state index contributed by atoms with van der Waals surface area (Å²) >= 11 is 0. The van der Waals surface area contributed by atoms with Gasteiger partial charge in [-0.15, -0.1) is 0 Å². The third-order valence-electron chi connectivity index (χ3n) is 6.05. The number of carbonyl (C=O) groups is 1. The van der Waals surface area contributed by atoms with Crippen molar-refractivity contribution in [2.75, 3.05) is 0 Å². The molecule has 2 heteroatoms. The van der Waals surface area contributed by atoms with E-state index >= 15 is 0 Å². The number of carbonyl (C=O) groups excluding carboxylic acids is 1. The molecular weight excluding hydrogens is 332 g/mol. The number of cyclic esters (lactones) is 1. The second-order valence-corrected chi connectivity index (χ2v) is 8.96. The molecule has 0 amide bonds. The van der Waals surface area contributed by atoms with Crippen LogP contribution in [-0.2, 0) is 21.4 Å². The highest BCUT2D eigenvalue weighted by molar-refractivity contribution is 5.69. The summed E-state index contributed by atoms with van der Waals surface area (Å²) in [4.78, 5) is 12.4. The Balaban J connectivity index is 2.15. The van der Waals surface area contributed by atoms with Crippen LogP contribution in [0.2, 0.25) is 0 Å². The molecule has 1 heterocycles. The van der Waals surface area contributed by atoms with Crippen LogP contribution < -0.4 is 0 Å². The number of esters is 1. The van der Waals surface area contributed by atoms with E-state index < -0.39 is 0 Å². The van der Waals surface area contributed by atoms with Gasteiger partial charge in [0.25, 0.3) is 0 Å². The Morgan fingerprint density at radius 1 is 1.26 bits per heavy atom. The van der Waals surface area contributed by atoms with Crippen molar-refractivity contribution in [1.82, 2.24) is 0 Å². The van der Waals surface area contributed by atoms with Crippen molar-refractivity contribution < 1.29 is 9.53 Å². The first-order chi connectivity index (χ1) is 12.8. The number of rotatable bonds is 3. The van der Waals surface area contributed by atoms with E-state index in [0.717, 1.165) is 44.9 Å². The fraction of sp³-hybridized carbons (Fsp3) is 0.640. The van der Waals surface area contributed by atoms with Crippen LogP contribution in [0.5, 0.6) is 0 Å². The summed E-state index contributed by atoms with van der Waals surface area (Å²) in [5.41, 5.74) is 4.15. The molecule has 1 aliphatic heterocycles. The average Bonchev–Trinajstić information content (AvgIpc) is 2.63. The second-order valence-electron chi connectivity index (χ2n) is 8.96. The van der Waals surface area contributed by atoms with Gasteiger partial charge in [0.2, 0.25) is 0 Å². The van der Waals surface area contributed by atoms with Crippen LogP contribution in [0.4, 0.5) is 0 Å². The van der Waals surface area contributed by atoms with E-state index in [0.29, 0.717) is 12.3 Å². The van der Waals surface area contributed by atoms with Crippen LogP contribution in [0, 0.1) is 5.92 Å². The molecule has 1 aromatic rings. The summed E-state index contributed by atoms with van der Waals surface area (Å²) in [6, 6.07) is 8.93. The van der Waals surface area contributed by atoms with E-state index in [4.69, 9.17) is 4.74 Å². The van der Waals surface area contributed by atoms with Gasteiger partial charge < -0.3 is 4.74 Å². The fourth-order valence-electron chi connectivity index (χ4n) is 3.90. The van der Waals surface area contributed by atoms with Crippen molar-refractivity contribution in [2.45, 2.75) is 97.5 Å². The molecule has 0 aromatic heterocycles. The van der Waals surface area contributed by atoms with Gasteiger partial charge in [0, 0.05) is 6.42 Å². The van der Waals surface area contributed by atoms with Crippen LogP contribution in [0.3, 0.4) is 0 Å². The van der Waals surface area contributed by atoms with E-state index in [1.54, 1.807) is 0 Å². The van der Waals surface area contributed by atoms with Gasteiger partial charge in [-0.2, -0.15) is 0 Å². The van der Waals surface area contributed by atoms with Crippen LogP contribution in [-0.4, -0.2) is 12.1 Å². The molecule has 1 aromatic carbocycles. The van der Waals surface area contributed by atoms with Crippen LogP contribution >= 0.6 is 0 Å². The van der Waals surface area contributed by atoms with Gasteiger partial charge in [-0.25, -0.2) is 0 Å². The molecule has 2 rings (SSSR count). The van der Waals surface area contributed by atoms with E-state index in [-0.39, 0.29) is 17.5 Å². The van der Waals surface area contributed by atoms with Crippen LogP contribution in [0.25, 0.3) is 0 Å². The molecule has 0 saturated heterocycles. The summed E-state index contributed by atoms with van der Waals surface area (Å²) in [6.45, 7) is 11.3. The van der Waals surface area contributed by atoms with Gasteiger partial charge >= 0.3 is 5.97 Å². The van der Waals surface area contributed by atoms with Crippen molar-refractivity contribution >= 4 is 5.97 Å². The smallest absolute Gasteiger partial charge is 0.306 e. The number of hydrogen-bond acceptors (Lipinski definition) is 2. The van der Waals surface area contributed by atoms with E-state index in [9.17, 15) is 4.79 Å². The van der Waals surface area contributed by atoms with Gasteiger partial charge in [0.1, 0.15) is 6.10 Å². The lowest BCUT2D eigenvalue weighted by molar-refractivity contribution is -0.147. The first kappa shape index (κ1) is 21.7. The van der Waals surface area contributed by atoms with Crippen molar-refractivity contribution in [3.63, 3.8) is 0 Å². The summed E-state index contributed by atoms with van der Waals surface area (Å²) in [7, 11) is 0. The number of aryl methyl sites for hydroxylation is 1. The van der Waals surface area contributed by atoms with Crippen molar-refractivity contribution in [3.05, 3.63) is 47.0 Å².